The summed E-state index contributed by atoms with van der Waals surface area (Å²) in [5.74, 6) is -0.879. The van der Waals surface area contributed by atoms with Crippen LogP contribution in [-0.2, 0) is 30.7 Å². The Kier molecular flexibility index (Phi) is 5.93. The van der Waals surface area contributed by atoms with Crippen molar-refractivity contribution in [3.63, 3.8) is 0 Å². The minimum Gasteiger partial charge on any atom is -0.468 e. The zero-order chi connectivity index (χ0) is 14.3. The van der Waals surface area contributed by atoms with Gasteiger partial charge in [0.25, 0.3) is 0 Å². The first-order chi connectivity index (χ1) is 8.98. The fraction of sp³-hybridized carbons (Fsp3) is 0.600. The molecule has 1 aromatic heterocycles. The fourth-order valence-electron chi connectivity index (χ4n) is 1.40. The maximum Gasteiger partial charge on any atom is 0.324 e. The largest absolute Gasteiger partial charge is 0.468 e. The van der Waals surface area contributed by atoms with Crippen LogP contribution in [0.1, 0.15) is 5.69 Å². The highest BCUT2D eigenvalue weighted by molar-refractivity contribution is 7.89. The molecule has 1 aromatic rings. The predicted octanol–water partition coefficient (Wildman–Crippen LogP) is -0.940. The van der Waals surface area contributed by atoms with Gasteiger partial charge in [0.15, 0.2) is 0 Å². The van der Waals surface area contributed by atoms with Gasteiger partial charge in [0.1, 0.15) is 6.04 Å². The molecule has 0 radical (unpaired) electrons. The molecular formula is C10H17N3O5S. The SMILES string of the molecule is COCCS(=O)(=O)N[C@@H](Cc1cnc[nH]1)C(=O)OC. The van der Waals surface area contributed by atoms with Crippen molar-refractivity contribution >= 4 is 16.0 Å². The maximum absolute atomic E-state index is 11.7. The molecule has 0 aromatic carbocycles. The summed E-state index contributed by atoms with van der Waals surface area (Å²) >= 11 is 0. The molecule has 0 bridgehead atoms. The number of aromatic nitrogens is 2. The number of hydrogen-bond acceptors (Lipinski definition) is 6. The second kappa shape index (κ2) is 7.22. The van der Waals surface area contributed by atoms with Crippen LogP contribution in [0.4, 0.5) is 0 Å². The van der Waals surface area contributed by atoms with Gasteiger partial charge in [0.2, 0.25) is 10.0 Å². The Balaban J connectivity index is 2.72. The molecular weight excluding hydrogens is 274 g/mol. The van der Waals surface area contributed by atoms with E-state index in [0.717, 1.165) is 0 Å². The molecule has 0 aliphatic rings. The third kappa shape index (κ3) is 5.37. The van der Waals surface area contributed by atoms with Gasteiger partial charge in [-0.1, -0.05) is 0 Å². The Bertz CT molecular complexity index is 485. The normalized spacial score (nSPS) is 13.2. The summed E-state index contributed by atoms with van der Waals surface area (Å²) in [7, 11) is -1.01. The molecule has 0 saturated heterocycles. The highest BCUT2D eigenvalue weighted by atomic mass is 32.2. The van der Waals surface area contributed by atoms with Crippen LogP contribution in [0, 0.1) is 0 Å². The lowest BCUT2D eigenvalue weighted by molar-refractivity contribution is -0.142. The molecule has 0 aliphatic heterocycles. The molecule has 0 amide bonds. The second-order valence-corrected chi connectivity index (χ2v) is 5.66. The molecule has 0 aliphatic carbocycles. The zero-order valence-corrected chi connectivity index (χ0v) is 11.6. The lowest BCUT2D eigenvalue weighted by Gasteiger charge is -2.15. The second-order valence-electron chi connectivity index (χ2n) is 3.79. The van der Waals surface area contributed by atoms with Crippen molar-refractivity contribution in [1.29, 1.82) is 0 Å². The van der Waals surface area contributed by atoms with Crippen molar-refractivity contribution in [3.05, 3.63) is 18.2 Å². The molecule has 1 heterocycles. The zero-order valence-electron chi connectivity index (χ0n) is 10.8. The number of sulfonamides is 1. The molecule has 9 heteroatoms. The van der Waals surface area contributed by atoms with E-state index in [0.29, 0.717) is 5.69 Å². The summed E-state index contributed by atoms with van der Waals surface area (Å²) in [5, 5.41) is 0. The number of hydrogen-bond donors (Lipinski definition) is 2. The molecule has 0 saturated carbocycles. The van der Waals surface area contributed by atoms with Gasteiger partial charge in [-0.2, -0.15) is 0 Å². The Morgan fingerprint density at radius 3 is 2.79 bits per heavy atom. The van der Waals surface area contributed by atoms with Gasteiger partial charge in [0.05, 0.1) is 25.8 Å². The van der Waals surface area contributed by atoms with Crippen LogP contribution in [0.3, 0.4) is 0 Å². The van der Waals surface area contributed by atoms with Gasteiger partial charge in [-0.3, -0.25) is 4.79 Å². The molecule has 1 atom stereocenters. The van der Waals surface area contributed by atoms with E-state index in [1.165, 1.54) is 26.7 Å². The van der Waals surface area contributed by atoms with Crippen LogP contribution in [-0.4, -0.2) is 57.0 Å². The van der Waals surface area contributed by atoms with Crippen molar-refractivity contribution in [2.75, 3.05) is 26.6 Å². The van der Waals surface area contributed by atoms with Crippen molar-refractivity contribution in [2.24, 2.45) is 0 Å². The highest BCUT2D eigenvalue weighted by Gasteiger charge is 2.25. The topological polar surface area (TPSA) is 110 Å². The molecule has 19 heavy (non-hydrogen) atoms. The van der Waals surface area contributed by atoms with E-state index in [2.05, 4.69) is 19.4 Å². The molecule has 2 N–H and O–H groups in total. The maximum atomic E-state index is 11.7. The number of imidazole rings is 1. The number of carbonyl (C=O) groups excluding carboxylic acids is 1. The first-order valence-electron chi connectivity index (χ1n) is 5.52. The van der Waals surface area contributed by atoms with E-state index >= 15 is 0 Å². The third-order valence-corrected chi connectivity index (χ3v) is 3.69. The number of esters is 1. The minimum absolute atomic E-state index is 0.0489. The Morgan fingerprint density at radius 1 is 1.53 bits per heavy atom. The van der Waals surface area contributed by atoms with Crippen LogP contribution < -0.4 is 4.72 Å². The lowest BCUT2D eigenvalue weighted by atomic mass is 10.2. The predicted molar refractivity (Wildman–Crippen MR) is 66.9 cm³/mol. The van der Waals surface area contributed by atoms with Crippen LogP contribution in [0.25, 0.3) is 0 Å². The third-order valence-electron chi connectivity index (χ3n) is 2.34. The Labute approximate surface area is 111 Å². The fourth-order valence-corrected chi connectivity index (χ4v) is 2.52. The summed E-state index contributed by atoms with van der Waals surface area (Å²) in [6.45, 7) is 0.0489. The molecule has 0 unspecified atom stereocenters. The lowest BCUT2D eigenvalue weighted by Crippen LogP contribution is -2.44. The molecule has 0 spiro atoms. The van der Waals surface area contributed by atoms with E-state index in [-0.39, 0.29) is 18.8 Å². The summed E-state index contributed by atoms with van der Waals surface area (Å²) in [6, 6.07) is -0.993. The Morgan fingerprint density at radius 2 is 2.26 bits per heavy atom. The van der Waals surface area contributed by atoms with Crippen LogP contribution >= 0.6 is 0 Å². The van der Waals surface area contributed by atoms with Gasteiger partial charge in [0, 0.05) is 25.4 Å². The summed E-state index contributed by atoms with van der Waals surface area (Å²) in [6.07, 6.45) is 3.10. The highest BCUT2D eigenvalue weighted by Crippen LogP contribution is 2.02. The molecule has 1 rings (SSSR count). The van der Waals surface area contributed by atoms with Crippen molar-refractivity contribution in [3.8, 4) is 0 Å². The van der Waals surface area contributed by atoms with E-state index in [9.17, 15) is 13.2 Å². The average molecular weight is 291 g/mol. The minimum atomic E-state index is -3.61. The van der Waals surface area contributed by atoms with Gasteiger partial charge < -0.3 is 14.5 Å². The van der Waals surface area contributed by atoms with E-state index in [1.807, 2.05) is 0 Å². The molecule has 8 nitrogen and oxygen atoms in total. The van der Waals surface area contributed by atoms with Crippen LogP contribution in [0.15, 0.2) is 12.5 Å². The van der Waals surface area contributed by atoms with Crippen molar-refractivity contribution in [2.45, 2.75) is 12.5 Å². The Hall–Kier alpha value is -1.45. The first-order valence-corrected chi connectivity index (χ1v) is 7.17. The van der Waals surface area contributed by atoms with Gasteiger partial charge >= 0.3 is 5.97 Å². The first kappa shape index (κ1) is 15.6. The summed E-state index contributed by atoms with van der Waals surface area (Å²) in [4.78, 5) is 18.2. The van der Waals surface area contributed by atoms with E-state index in [4.69, 9.17) is 4.74 Å². The quantitative estimate of drug-likeness (QED) is 0.598. The van der Waals surface area contributed by atoms with E-state index in [1.54, 1.807) is 0 Å². The number of ether oxygens (including phenoxy) is 2. The number of nitrogens with one attached hydrogen (secondary N) is 2. The molecule has 0 fully saturated rings. The smallest absolute Gasteiger partial charge is 0.324 e. The van der Waals surface area contributed by atoms with Gasteiger partial charge in [-0.05, 0) is 0 Å². The number of carbonyl (C=O) groups is 1. The van der Waals surface area contributed by atoms with Gasteiger partial charge in [-0.15, -0.1) is 0 Å². The van der Waals surface area contributed by atoms with Crippen molar-refractivity contribution < 1.29 is 22.7 Å². The summed E-state index contributed by atoms with van der Waals surface area (Å²) in [5.41, 5.74) is 0.629. The number of rotatable bonds is 8. The van der Waals surface area contributed by atoms with Crippen LogP contribution in [0.5, 0.6) is 0 Å². The standard InChI is InChI=1S/C10H17N3O5S/c1-17-3-4-19(15,16)13-9(10(14)18-2)5-8-6-11-7-12-8/h6-7,9,13H,3-5H2,1-2H3,(H,11,12)/t9-/m0/s1. The number of methoxy groups -OCH3 is 2. The van der Waals surface area contributed by atoms with Gasteiger partial charge in [-0.25, -0.2) is 18.1 Å². The monoisotopic (exact) mass is 291 g/mol. The number of aromatic amines is 1. The molecule has 108 valence electrons. The van der Waals surface area contributed by atoms with Crippen molar-refractivity contribution in [1.82, 2.24) is 14.7 Å². The van der Waals surface area contributed by atoms with Crippen LogP contribution in [0.2, 0.25) is 0 Å². The number of H-pyrrole nitrogens is 1. The van der Waals surface area contributed by atoms with E-state index < -0.39 is 22.0 Å². The number of nitrogens with zero attached hydrogens (tertiary/aromatic N) is 1. The average Bonchev–Trinajstić information content (AvgIpc) is 2.87. The summed E-state index contributed by atoms with van der Waals surface area (Å²) < 4.78 is 35.0.